The van der Waals surface area contributed by atoms with Crippen LogP contribution in [0.25, 0.3) is 0 Å². The van der Waals surface area contributed by atoms with E-state index in [0.717, 1.165) is 18.7 Å². The van der Waals surface area contributed by atoms with E-state index in [-0.39, 0.29) is 11.4 Å². The molecule has 1 fully saturated rings. The van der Waals surface area contributed by atoms with Gasteiger partial charge in [0.2, 0.25) is 5.75 Å². The minimum Gasteiger partial charge on any atom is -0.350 e. The molecule has 1 aliphatic rings. The van der Waals surface area contributed by atoms with Gasteiger partial charge in [-0.2, -0.15) is 0 Å². The third-order valence-electron chi connectivity index (χ3n) is 3.71. The summed E-state index contributed by atoms with van der Waals surface area (Å²) < 4.78 is 0. The first kappa shape index (κ1) is 14.5. The van der Waals surface area contributed by atoms with Crippen molar-refractivity contribution < 1.29 is 9.76 Å². The molecule has 1 aliphatic heterocycles. The van der Waals surface area contributed by atoms with Crippen LogP contribution in [0.2, 0.25) is 0 Å². The zero-order valence-electron chi connectivity index (χ0n) is 11.9. The van der Waals surface area contributed by atoms with Crippen molar-refractivity contribution in [1.82, 2.24) is 4.90 Å². The molecule has 0 aromatic heterocycles. The summed E-state index contributed by atoms with van der Waals surface area (Å²) in [7, 11) is 2.08. The number of rotatable bonds is 3. The maximum Gasteiger partial charge on any atom is 0.314 e. The lowest BCUT2D eigenvalue weighted by atomic mass is 9.93. The topological polar surface area (TPSA) is 68.0 Å². The Bertz CT molecular complexity index is 530. The van der Waals surface area contributed by atoms with E-state index in [2.05, 4.69) is 31.0 Å². The summed E-state index contributed by atoms with van der Waals surface area (Å²) >= 11 is 0. The fourth-order valence-corrected chi connectivity index (χ4v) is 2.30. The van der Waals surface area contributed by atoms with Crippen molar-refractivity contribution in [2.75, 3.05) is 13.6 Å². The van der Waals surface area contributed by atoms with Crippen LogP contribution in [-0.4, -0.2) is 35.2 Å². The zero-order chi connectivity index (χ0) is 14.7. The van der Waals surface area contributed by atoms with Gasteiger partial charge in [-0.25, -0.2) is 0 Å². The third-order valence-corrected chi connectivity index (χ3v) is 3.71. The van der Waals surface area contributed by atoms with E-state index in [1.807, 2.05) is 0 Å². The highest BCUT2D eigenvalue weighted by molar-refractivity contribution is 5.87. The molecule has 6 heteroatoms. The minimum absolute atomic E-state index is 0.0644. The SMILES string of the molecule is C[C@@H]1CN(C)[C@H](C)C/C1=N/Oc1ccccc1[N+](=O)[O-]. The van der Waals surface area contributed by atoms with Crippen molar-refractivity contribution >= 4 is 11.4 Å². The Morgan fingerprint density at radius 1 is 1.40 bits per heavy atom. The number of nitro benzene ring substituents is 1. The summed E-state index contributed by atoms with van der Waals surface area (Å²) in [6, 6.07) is 6.68. The average molecular weight is 277 g/mol. The van der Waals surface area contributed by atoms with Gasteiger partial charge in [0.25, 0.3) is 0 Å². The van der Waals surface area contributed by atoms with Gasteiger partial charge in [-0.3, -0.25) is 10.1 Å². The lowest BCUT2D eigenvalue weighted by Crippen LogP contribution is -2.43. The molecule has 6 nitrogen and oxygen atoms in total. The van der Waals surface area contributed by atoms with Gasteiger partial charge >= 0.3 is 5.69 Å². The van der Waals surface area contributed by atoms with E-state index in [1.165, 1.54) is 6.07 Å². The second-order valence-electron chi connectivity index (χ2n) is 5.29. The van der Waals surface area contributed by atoms with Gasteiger partial charge in [-0.05, 0) is 20.0 Å². The second-order valence-corrected chi connectivity index (χ2v) is 5.29. The molecule has 0 saturated carbocycles. The Morgan fingerprint density at radius 3 is 2.80 bits per heavy atom. The van der Waals surface area contributed by atoms with Crippen LogP contribution in [0.5, 0.6) is 5.75 Å². The summed E-state index contributed by atoms with van der Waals surface area (Å²) in [5.74, 6) is 0.475. The molecule has 2 rings (SSSR count). The molecule has 2 atom stereocenters. The van der Waals surface area contributed by atoms with Crippen LogP contribution >= 0.6 is 0 Å². The van der Waals surface area contributed by atoms with Crippen LogP contribution in [0.4, 0.5) is 5.69 Å². The summed E-state index contributed by atoms with van der Waals surface area (Å²) in [5, 5.41) is 15.1. The molecule has 1 saturated heterocycles. The molecule has 1 aromatic carbocycles. The number of piperidine rings is 1. The highest BCUT2D eigenvalue weighted by Gasteiger charge is 2.26. The Morgan fingerprint density at radius 2 is 2.10 bits per heavy atom. The zero-order valence-corrected chi connectivity index (χ0v) is 11.9. The van der Waals surface area contributed by atoms with Crippen molar-refractivity contribution in [2.45, 2.75) is 26.3 Å². The van der Waals surface area contributed by atoms with Gasteiger partial charge in [0.15, 0.2) is 0 Å². The van der Waals surface area contributed by atoms with Gasteiger partial charge in [0, 0.05) is 31.0 Å². The van der Waals surface area contributed by atoms with Crippen LogP contribution in [0.15, 0.2) is 29.4 Å². The fourth-order valence-electron chi connectivity index (χ4n) is 2.30. The van der Waals surface area contributed by atoms with Gasteiger partial charge in [0.1, 0.15) is 0 Å². The highest BCUT2D eigenvalue weighted by atomic mass is 16.6. The maximum atomic E-state index is 10.9. The van der Waals surface area contributed by atoms with E-state index in [9.17, 15) is 10.1 Å². The Labute approximate surface area is 118 Å². The number of nitrogens with zero attached hydrogens (tertiary/aromatic N) is 3. The first-order chi connectivity index (χ1) is 9.49. The molecule has 0 bridgehead atoms. The Hall–Kier alpha value is -1.95. The summed E-state index contributed by atoms with van der Waals surface area (Å²) in [6.07, 6.45) is 0.818. The Balaban J connectivity index is 2.15. The van der Waals surface area contributed by atoms with Crippen molar-refractivity contribution in [3.05, 3.63) is 34.4 Å². The molecule has 0 unspecified atom stereocenters. The number of likely N-dealkylation sites (tertiary alicyclic amines) is 1. The molecular weight excluding hydrogens is 258 g/mol. The molecular formula is C14H19N3O3. The van der Waals surface area contributed by atoms with E-state index in [1.54, 1.807) is 18.2 Å². The number of hydrogen-bond acceptors (Lipinski definition) is 5. The number of hydrogen-bond donors (Lipinski definition) is 0. The predicted octanol–water partition coefficient (Wildman–Crippen LogP) is 2.69. The number of nitro groups is 1. The van der Waals surface area contributed by atoms with Gasteiger partial charge < -0.3 is 9.74 Å². The number of para-hydroxylation sites is 2. The van der Waals surface area contributed by atoms with E-state index in [4.69, 9.17) is 4.84 Å². The quantitative estimate of drug-likeness (QED) is 0.629. The third kappa shape index (κ3) is 3.14. The molecule has 1 aromatic rings. The molecule has 0 aliphatic carbocycles. The van der Waals surface area contributed by atoms with Crippen molar-refractivity contribution in [1.29, 1.82) is 0 Å². The molecule has 0 spiro atoms. The van der Waals surface area contributed by atoms with E-state index >= 15 is 0 Å². The lowest BCUT2D eigenvalue weighted by molar-refractivity contribution is -0.385. The highest BCUT2D eigenvalue weighted by Crippen LogP contribution is 2.27. The summed E-state index contributed by atoms with van der Waals surface area (Å²) in [4.78, 5) is 18.0. The van der Waals surface area contributed by atoms with Crippen LogP contribution in [0.1, 0.15) is 20.3 Å². The van der Waals surface area contributed by atoms with Crippen molar-refractivity contribution in [3.8, 4) is 5.75 Å². The van der Waals surface area contributed by atoms with Crippen LogP contribution < -0.4 is 4.84 Å². The van der Waals surface area contributed by atoms with Crippen LogP contribution in [0.3, 0.4) is 0 Å². The van der Waals surface area contributed by atoms with Crippen LogP contribution in [-0.2, 0) is 0 Å². The van der Waals surface area contributed by atoms with Gasteiger partial charge in [-0.1, -0.05) is 24.2 Å². The molecule has 1 heterocycles. The number of oxime groups is 1. The molecule has 20 heavy (non-hydrogen) atoms. The second kappa shape index (κ2) is 6.00. The predicted molar refractivity (Wildman–Crippen MR) is 77.0 cm³/mol. The average Bonchev–Trinajstić information content (AvgIpc) is 2.41. The van der Waals surface area contributed by atoms with Gasteiger partial charge in [0.05, 0.1) is 10.6 Å². The molecule has 108 valence electrons. The molecule has 0 radical (unpaired) electrons. The molecule has 0 amide bonds. The van der Waals surface area contributed by atoms with Gasteiger partial charge in [-0.15, -0.1) is 0 Å². The normalized spacial score (nSPS) is 25.6. The van der Waals surface area contributed by atoms with Crippen molar-refractivity contribution in [3.63, 3.8) is 0 Å². The fraction of sp³-hybridized carbons (Fsp3) is 0.500. The Kier molecular flexibility index (Phi) is 4.34. The van der Waals surface area contributed by atoms with Crippen molar-refractivity contribution in [2.24, 2.45) is 11.1 Å². The summed E-state index contributed by atoms with van der Waals surface area (Å²) in [6.45, 7) is 5.14. The maximum absolute atomic E-state index is 10.9. The van der Waals surface area contributed by atoms with E-state index in [0.29, 0.717) is 12.0 Å². The minimum atomic E-state index is -0.462. The first-order valence-electron chi connectivity index (χ1n) is 6.66. The monoisotopic (exact) mass is 277 g/mol. The largest absolute Gasteiger partial charge is 0.350 e. The first-order valence-corrected chi connectivity index (χ1v) is 6.66. The molecule has 0 N–H and O–H groups in total. The van der Waals surface area contributed by atoms with E-state index < -0.39 is 4.92 Å². The lowest BCUT2D eigenvalue weighted by Gasteiger charge is -2.34. The summed E-state index contributed by atoms with van der Waals surface area (Å²) in [5.41, 5.74) is 0.888. The smallest absolute Gasteiger partial charge is 0.314 e. The van der Waals surface area contributed by atoms with Crippen LogP contribution in [0, 0.1) is 16.0 Å². The standard InChI is InChI=1S/C14H19N3O3/c1-10-9-16(3)11(2)8-12(10)15-20-14-7-5-4-6-13(14)17(18)19/h4-7,10-11H,8-9H2,1-3H3/b15-12-/t10-,11-/m1/s1. The number of benzene rings is 1.